The van der Waals surface area contributed by atoms with E-state index in [0.717, 1.165) is 10.4 Å². The van der Waals surface area contributed by atoms with Crippen LogP contribution in [0.3, 0.4) is 0 Å². The van der Waals surface area contributed by atoms with Crippen LogP contribution in [0.15, 0.2) is 41.8 Å². The van der Waals surface area contributed by atoms with Crippen molar-refractivity contribution in [2.75, 3.05) is 0 Å². The molecule has 1 atom stereocenters. The lowest BCUT2D eigenvalue weighted by atomic mass is 10.1. The molecule has 1 aromatic carbocycles. The Morgan fingerprint density at radius 3 is 2.60 bits per heavy atom. The fourth-order valence-corrected chi connectivity index (χ4v) is 2.09. The molecule has 0 spiro atoms. The van der Waals surface area contributed by atoms with Gasteiger partial charge in [0.15, 0.2) is 0 Å². The van der Waals surface area contributed by atoms with Crippen molar-refractivity contribution < 1.29 is 4.39 Å². The number of nitrogens with two attached hydrogens (primary N) is 1. The first kappa shape index (κ1) is 12.2. The summed E-state index contributed by atoms with van der Waals surface area (Å²) in [6, 6.07) is 10.1. The van der Waals surface area contributed by atoms with Crippen LogP contribution in [0, 0.1) is 5.82 Å². The van der Waals surface area contributed by atoms with Crippen LogP contribution in [0.4, 0.5) is 4.39 Å². The van der Waals surface area contributed by atoms with Gasteiger partial charge in [-0.25, -0.2) is 4.39 Å². The number of halogens is 2. The van der Waals surface area contributed by atoms with Gasteiger partial charge in [-0.1, -0.05) is 18.2 Å². The van der Waals surface area contributed by atoms with E-state index in [4.69, 9.17) is 5.73 Å². The standard InChI is InChI=1S/C11H10FNS.ClH/c12-9-4-1-3-8(7-9)11(13)10-5-2-6-14-10;/h1-7,11H,13H2;1H/t11-;/m1./s1. The molecule has 0 saturated carbocycles. The lowest BCUT2D eigenvalue weighted by Crippen LogP contribution is -2.10. The summed E-state index contributed by atoms with van der Waals surface area (Å²) in [5, 5.41) is 1.97. The fourth-order valence-electron chi connectivity index (χ4n) is 1.33. The van der Waals surface area contributed by atoms with Crippen LogP contribution in [-0.2, 0) is 0 Å². The summed E-state index contributed by atoms with van der Waals surface area (Å²) in [5.41, 5.74) is 6.79. The maximum atomic E-state index is 12.9. The van der Waals surface area contributed by atoms with Crippen molar-refractivity contribution in [3.63, 3.8) is 0 Å². The Balaban J connectivity index is 0.00000112. The second-order valence-electron chi connectivity index (χ2n) is 3.05. The molecule has 1 nitrogen and oxygen atoms in total. The highest BCUT2D eigenvalue weighted by Gasteiger charge is 2.09. The Morgan fingerprint density at radius 2 is 2.00 bits per heavy atom. The molecule has 2 rings (SSSR count). The summed E-state index contributed by atoms with van der Waals surface area (Å²) >= 11 is 1.58. The first-order valence-electron chi connectivity index (χ1n) is 4.32. The monoisotopic (exact) mass is 243 g/mol. The second-order valence-corrected chi connectivity index (χ2v) is 4.03. The first-order chi connectivity index (χ1) is 6.77. The fraction of sp³-hybridized carbons (Fsp3) is 0.0909. The van der Waals surface area contributed by atoms with E-state index in [1.807, 2.05) is 23.6 Å². The normalized spacial score (nSPS) is 11.9. The van der Waals surface area contributed by atoms with Crippen molar-refractivity contribution in [3.05, 3.63) is 58.0 Å². The molecule has 0 radical (unpaired) electrons. The van der Waals surface area contributed by atoms with Gasteiger partial charge in [0.2, 0.25) is 0 Å². The molecule has 0 fully saturated rings. The predicted molar refractivity (Wildman–Crippen MR) is 64.0 cm³/mol. The molecular weight excluding hydrogens is 233 g/mol. The van der Waals surface area contributed by atoms with Gasteiger partial charge in [-0.05, 0) is 29.1 Å². The van der Waals surface area contributed by atoms with E-state index in [-0.39, 0.29) is 24.3 Å². The van der Waals surface area contributed by atoms with E-state index < -0.39 is 0 Å². The average molecular weight is 244 g/mol. The molecule has 80 valence electrons. The number of hydrogen-bond donors (Lipinski definition) is 1. The smallest absolute Gasteiger partial charge is 0.123 e. The largest absolute Gasteiger partial charge is 0.320 e. The number of thiophene rings is 1. The Labute approximate surface area is 98.2 Å². The molecule has 4 heteroatoms. The molecular formula is C11H11ClFNS. The molecule has 0 aliphatic carbocycles. The minimum absolute atomic E-state index is 0. The maximum Gasteiger partial charge on any atom is 0.123 e. The van der Waals surface area contributed by atoms with Crippen LogP contribution >= 0.6 is 23.7 Å². The summed E-state index contributed by atoms with van der Waals surface area (Å²) in [6.07, 6.45) is 0. The van der Waals surface area contributed by atoms with E-state index in [9.17, 15) is 4.39 Å². The Morgan fingerprint density at radius 1 is 1.20 bits per heavy atom. The van der Waals surface area contributed by atoms with Crippen LogP contribution in [0.5, 0.6) is 0 Å². The first-order valence-corrected chi connectivity index (χ1v) is 5.20. The molecule has 0 unspecified atom stereocenters. The zero-order valence-corrected chi connectivity index (χ0v) is 9.52. The quantitative estimate of drug-likeness (QED) is 0.860. The Hall–Kier alpha value is -0.900. The van der Waals surface area contributed by atoms with E-state index in [1.165, 1.54) is 12.1 Å². The Kier molecular flexibility index (Phi) is 4.27. The molecule has 0 saturated heterocycles. The van der Waals surface area contributed by atoms with Crippen molar-refractivity contribution in [1.82, 2.24) is 0 Å². The van der Waals surface area contributed by atoms with Gasteiger partial charge in [-0.3, -0.25) is 0 Å². The van der Waals surface area contributed by atoms with Gasteiger partial charge < -0.3 is 5.73 Å². The van der Waals surface area contributed by atoms with Crippen molar-refractivity contribution in [2.24, 2.45) is 5.73 Å². The maximum absolute atomic E-state index is 12.9. The van der Waals surface area contributed by atoms with Crippen LogP contribution < -0.4 is 5.73 Å². The van der Waals surface area contributed by atoms with Gasteiger partial charge in [0, 0.05) is 4.88 Å². The van der Waals surface area contributed by atoms with Gasteiger partial charge in [-0.15, -0.1) is 23.7 Å². The van der Waals surface area contributed by atoms with Crippen LogP contribution in [0.25, 0.3) is 0 Å². The SMILES string of the molecule is Cl.N[C@H](c1cccc(F)c1)c1cccs1. The number of rotatable bonds is 2. The van der Waals surface area contributed by atoms with Crippen molar-refractivity contribution in [2.45, 2.75) is 6.04 Å². The van der Waals surface area contributed by atoms with E-state index in [2.05, 4.69) is 0 Å². The average Bonchev–Trinajstić information content (AvgIpc) is 2.69. The van der Waals surface area contributed by atoms with E-state index in [0.29, 0.717) is 0 Å². The molecule has 0 bridgehead atoms. The molecule has 15 heavy (non-hydrogen) atoms. The number of hydrogen-bond acceptors (Lipinski definition) is 2. The van der Waals surface area contributed by atoms with Gasteiger partial charge >= 0.3 is 0 Å². The third kappa shape index (κ3) is 2.78. The molecule has 1 heterocycles. The topological polar surface area (TPSA) is 26.0 Å². The summed E-state index contributed by atoms with van der Waals surface area (Å²) in [6.45, 7) is 0. The van der Waals surface area contributed by atoms with E-state index in [1.54, 1.807) is 17.4 Å². The lowest BCUT2D eigenvalue weighted by molar-refractivity contribution is 0.624. The van der Waals surface area contributed by atoms with Gasteiger partial charge in [-0.2, -0.15) is 0 Å². The van der Waals surface area contributed by atoms with E-state index >= 15 is 0 Å². The summed E-state index contributed by atoms with van der Waals surface area (Å²) < 4.78 is 12.9. The van der Waals surface area contributed by atoms with Gasteiger partial charge in [0.25, 0.3) is 0 Å². The zero-order chi connectivity index (χ0) is 9.97. The highest BCUT2D eigenvalue weighted by atomic mass is 35.5. The highest BCUT2D eigenvalue weighted by Crippen LogP contribution is 2.23. The van der Waals surface area contributed by atoms with Crippen LogP contribution in [-0.4, -0.2) is 0 Å². The molecule has 0 amide bonds. The third-order valence-electron chi connectivity index (χ3n) is 2.06. The summed E-state index contributed by atoms with van der Waals surface area (Å²) in [5.74, 6) is -0.241. The molecule has 0 aliphatic heterocycles. The third-order valence-corrected chi connectivity index (χ3v) is 3.01. The highest BCUT2D eigenvalue weighted by molar-refractivity contribution is 7.10. The predicted octanol–water partition coefficient (Wildman–Crippen LogP) is 3.36. The molecule has 0 aliphatic rings. The van der Waals surface area contributed by atoms with Crippen LogP contribution in [0.1, 0.15) is 16.5 Å². The summed E-state index contributed by atoms with van der Waals surface area (Å²) in [4.78, 5) is 1.05. The minimum Gasteiger partial charge on any atom is -0.320 e. The van der Waals surface area contributed by atoms with Crippen molar-refractivity contribution in [1.29, 1.82) is 0 Å². The Bertz CT molecular complexity index is 416. The number of benzene rings is 1. The van der Waals surface area contributed by atoms with Gasteiger partial charge in [0.1, 0.15) is 5.82 Å². The zero-order valence-electron chi connectivity index (χ0n) is 7.89. The van der Waals surface area contributed by atoms with Gasteiger partial charge in [0.05, 0.1) is 6.04 Å². The molecule has 1 aromatic heterocycles. The van der Waals surface area contributed by atoms with Crippen molar-refractivity contribution >= 4 is 23.7 Å². The summed E-state index contributed by atoms with van der Waals surface area (Å²) in [7, 11) is 0. The molecule has 2 aromatic rings. The second kappa shape index (κ2) is 5.26. The molecule has 2 N–H and O–H groups in total. The van der Waals surface area contributed by atoms with Crippen LogP contribution in [0.2, 0.25) is 0 Å². The minimum atomic E-state index is -0.241. The lowest BCUT2D eigenvalue weighted by Gasteiger charge is -2.09. The van der Waals surface area contributed by atoms with Crippen molar-refractivity contribution in [3.8, 4) is 0 Å².